The molecule has 0 amide bonds. The Balaban J connectivity index is 3.02. The number of aliphatic hydroxyl groups is 1. The minimum atomic E-state index is -2.51. The van der Waals surface area contributed by atoms with Gasteiger partial charge in [-0.15, -0.1) is 0 Å². The fourth-order valence-corrected chi connectivity index (χ4v) is 1.55. The van der Waals surface area contributed by atoms with E-state index in [1.54, 1.807) is 13.1 Å². The molecule has 1 heterocycles. The van der Waals surface area contributed by atoms with Gasteiger partial charge in [-0.05, 0) is 0 Å². The highest BCUT2D eigenvalue weighted by Gasteiger charge is 2.15. The van der Waals surface area contributed by atoms with E-state index in [1.807, 2.05) is 0 Å². The molecule has 0 aliphatic rings. The zero-order valence-corrected chi connectivity index (χ0v) is 10.9. The van der Waals surface area contributed by atoms with Gasteiger partial charge in [-0.3, -0.25) is 0 Å². The molecule has 0 bridgehead atoms. The van der Waals surface area contributed by atoms with Gasteiger partial charge in [-0.2, -0.15) is 0 Å². The number of methoxy groups -OCH3 is 1. The standard InChI is InChI=1S/C11H18F2N4O2/c1-14-9-5-11(16-10(15-9)7-19-2)17(3-4-18)6-8(12)13/h5,8,18H,3-4,6-7H2,1-2H3,(H,14,15,16). The van der Waals surface area contributed by atoms with Crippen LogP contribution in [0.25, 0.3) is 0 Å². The van der Waals surface area contributed by atoms with Gasteiger partial charge in [-0.1, -0.05) is 0 Å². The number of aromatic nitrogens is 2. The molecule has 2 N–H and O–H groups in total. The van der Waals surface area contributed by atoms with Gasteiger partial charge in [0.1, 0.15) is 18.2 Å². The SMILES string of the molecule is CNc1cc(N(CCO)CC(F)F)nc(COC)n1. The van der Waals surface area contributed by atoms with Gasteiger partial charge in [0, 0.05) is 26.8 Å². The lowest BCUT2D eigenvalue weighted by atomic mass is 10.4. The number of hydrogen-bond donors (Lipinski definition) is 2. The van der Waals surface area contributed by atoms with Crippen molar-refractivity contribution in [1.82, 2.24) is 9.97 Å². The summed E-state index contributed by atoms with van der Waals surface area (Å²) in [4.78, 5) is 9.60. The Kier molecular flexibility index (Phi) is 6.37. The van der Waals surface area contributed by atoms with Gasteiger partial charge in [0.2, 0.25) is 0 Å². The maximum absolute atomic E-state index is 12.5. The molecule has 108 valence electrons. The second-order valence-electron chi connectivity index (χ2n) is 3.77. The Morgan fingerprint density at radius 1 is 1.47 bits per heavy atom. The molecule has 0 aliphatic heterocycles. The molecule has 0 aromatic carbocycles. The molecule has 0 unspecified atom stereocenters. The first kappa shape index (κ1) is 15.5. The van der Waals surface area contributed by atoms with E-state index < -0.39 is 13.0 Å². The van der Waals surface area contributed by atoms with Crippen LogP contribution in [0.3, 0.4) is 0 Å². The zero-order chi connectivity index (χ0) is 14.3. The third kappa shape index (κ3) is 4.92. The number of hydrogen-bond acceptors (Lipinski definition) is 6. The van der Waals surface area contributed by atoms with Crippen LogP contribution in [0, 0.1) is 0 Å². The summed E-state index contributed by atoms with van der Waals surface area (Å²) in [6.45, 7) is -0.459. The van der Waals surface area contributed by atoms with Gasteiger partial charge in [0.25, 0.3) is 6.43 Å². The van der Waals surface area contributed by atoms with Crippen LogP contribution in [-0.4, -0.2) is 55.4 Å². The highest BCUT2D eigenvalue weighted by molar-refractivity contribution is 5.49. The predicted molar refractivity (Wildman–Crippen MR) is 67.6 cm³/mol. The molecule has 0 atom stereocenters. The lowest BCUT2D eigenvalue weighted by Crippen LogP contribution is -2.32. The second-order valence-corrected chi connectivity index (χ2v) is 3.77. The van der Waals surface area contributed by atoms with Crippen LogP contribution in [0.1, 0.15) is 5.82 Å². The third-order valence-electron chi connectivity index (χ3n) is 2.34. The summed E-state index contributed by atoms with van der Waals surface area (Å²) in [6.07, 6.45) is -2.51. The normalized spacial score (nSPS) is 10.8. The van der Waals surface area contributed by atoms with E-state index in [4.69, 9.17) is 9.84 Å². The summed E-state index contributed by atoms with van der Waals surface area (Å²) in [5.74, 6) is 1.23. The summed E-state index contributed by atoms with van der Waals surface area (Å²) in [5, 5.41) is 11.8. The van der Waals surface area contributed by atoms with Crippen molar-refractivity contribution < 1.29 is 18.6 Å². The van der Waals surface area contributed by atoms with Crippen molar-refractivity contribution in [2.45, 2.75) is 13.0 Å². The van der Waals surface area contributed by atoms with Crippen molar-refractivity contribution in [2.75, 3.05) is 44.1 Å². The number of nitrogens with zero attached hydrogens (tertiary/aromatic N) is 3. The number of ether oxygens (including phenoxy) is 1. The highest BCUT2D eigenvalue weighted by atomic mass is 19.3. The van der Waals surface area contributed by atoms with Gasteiger partial charge in [-0.25, -0.2) is 18.7 Å². The van der Waals surface area contributed by atoms with E-state index in [0.717, 1.165) is 0 Å². The zero-order valence-electron chi connectivity index (χ0n) is 10.9. The average molecular weight is 276 g/mol. The molecule has 0 fully saturated rings. The van der Waals surface area contributed by atoms with Crippen LogP contribution >= 0.6 is 0 Å². The Labute approximate surface area is 110 Å². The van der Waals surface area contributed by atoms with Gasteiger partial charge < -0.3 is 20.1 Å². The third-order valence-corrected chi connectivity index (χ3v) is 2.34. The molecule has 1 aromatic rings. The molecule has 0 saturated heterocycles. The molecule has 0 aliphatic carbocycles. The van der Waals surface area contributed by atoms with Crippen LogP contribution < -0.4 is 10.2 Å². The lowest BCUT2D eigenvalue weighted by Gasteiger charge is -2.23. The molecular formula is C11H18F2N4O2. The number of aliphatic hydroxyl groups excluding tert-OH is 1. The number of halogens is 2. The largest absolute Gasteiger partial charge is 0.395 e. The molecular weight excluding hydrogens is 258 g/mol. The van der Waals surface area contributed by atoms with E-state index in [9.17, 15) is 8.78 Å². The Morgan fingerprint density at radius 3 is 2.74 bits per heavy atom. The number of alkyl halides is 2. The first-order valence-electron chi connectivity index (χ1n) is 5.79. The molecule has 8 heteroatoms. The summed E-state index contributed by atoms with van der Waals surface area (Å²) in [6, 6.07) is 1.55. The lowest BCUT2D eigenvalue weighted by molar-refractivity contribution is 0.152. The first-order chi connectivity index (χ1) is 9.10. The van der Waals surface area contributed by atoms with E-state index in [2.05, 4.69) is 15.3 Å². The number of rotatable bonds is 8. The van der Waals surface area contributed by atoms with Crippen LogP contribution in [0.15, 0.2) is 6.07 Å². The Bertz CT molecular complexity index is 393. The van der Waals surface area contributed by atoms with Gasteiger partial charge in [0.05, 0.1) is 13.2 Å². The van der Waals surface area contributed by atoms with E-state index in [-0.39, 0.29) is 19.8 Å². The van der Waals surface area contributed by atoms with Crippen molar-refractivity contribution >= 4 is 11.6 Å². The Morgan fingerprint density at radius 2 is 2.21 bits per heavy atom. The van der Waals surface area contributed by atoms with Crippen molar-refractivity contribution in [3.8, 4) is 0 Å². The monoisotopic (exact) mass is 276 g/mol. The van der Waals surface area contributed by atoms with E-state index in [0.29, 0.717) is 17.5 Å². The smallest absolute Gasteiger partial charge is 0.255 e. The van der Waals surface area contributed by atoms with Crippen LogP contribution in [-0.2, 0) is 11.3 Å². The molecule has 0 spiro atoms. The van der Waals surface area contributed by atoms with Crippen LogP contribution in [0.5, 0.6) is 0 Å². The van der Waals surface area contributed by atoms with Crippen molar-refractivity contribution in [1.29, 1.82) is 0 Å². The fourth-order valence-electron chi connectivity index (χ4n) is 1.55. The van der Waals surface area contributed by atoms with E-state index >= 15 is 0 Å². The fraction of sp³-hybridized carbons (Fsp3) is 0.636. The number of anilines is 2. The maximum atomic E-state index is 12.5. The summed E-state index contributed by atoms with van der Waals surface area (Å²) in [5.41, 5.74) is 0. The maximum Gasteiger partial charge on any atom is 0.255 e. The quantitative estimate of drug-likeness (QED) is 0.729. The topological polar surface area (TPSA) is 70.5 Å². The summed E-state index contributed by atoms with van der Waals surface area (Å²) in [7, 11) is 3.17. The molecule has 19 heavy (non-hydrogen) atoms. The van der Waals surface area contributed by atoms with Crippen molar-refractivity contribution in [2.24, 2.45) is 0 Å². The molecule has 1 aromatic heterocycles. The average Bonchev–Trinajstić information content (AvgIpc) is 2.37. The van der Waals surface area contributed by atoms with Crippen molar-refractivity contribution in [3.05, 3.63) is 11.9 Å². The minimum absolute atomic E-state index is 0.0803. The Hall–Kier alpha value is -1.54. The second kappa shape index (κ2) is 7.80. The first-order valence-corrected chi connectivity index (χ1v) is 5.79. The molecule has 0 saturated carbocycles. The molecule has 0 radical (unpaired) electrons. The van der Waals surface area contributed by atoms with Crippen LogP contribution in [0.4, 0.5) is 20.4 Å². The summed E-state index contributed by atoms with van der Waals surface area (Å²) >= 11 is 0. The van der Waals surface area contributed by atoms with Crippen LogP contribution in [0.2, 0.25) is 0 Å². The number of nitrogens with one attached hydrogen (secondary N) is 1. The van der Waals surface area contributed by atoms with E-state index in [1.165, 1.54) is 12.0 Å². The summed E-state index contributed by atoms with van der Waals surface area (Å²) < 4.78 is 30.0. The van der Waals surface area contributed by atoms with Gasteiger partial charge >= 0.3 is 0 Å². The highest BCUT2D eigenvalue weighted by Crippen LogP contribution is 2.17. The minimum Gasteiger partial charge on any atom is -0.395 e. The molecule has 1 rings (SSSR count). The van der Waals surface area contributed by atoms with Gasteiger partial charge in [0.15, 0.2) is 5.82 Å². The molecule has 6 nitrogen and oxygen atoms in total. The predicted octanol–water partition coefficient (Wildman–Crippen LogP) is 0.728. The van der Waals surface area contributed by atoms with Crippen molar-refractivity contribution in [3.63, 3.8) is 0 Å².